The molecule has 1 unspecified atom stereocenters. The Morgan fingerprint density at radius 2 is 1.91 bits per heavy atom. The van der Waals surface area contributed by atoms with E-state index in [1.54, 1.807) is 44.3 Å². The van der Waals surface area contributed by atoms with Gasteiger partial charge in [0.1, 0.15) is 5.69 Å². The highest BCUT2D eigenvalue weighted by atomic mass is 16.5. The van der Waals surface area contributed by atoms with E-state index < -0.39 is 12.0 Å². The number of nitrogens with one attached hydrogen (secondary N) is 3. The first-order valence-electron chi connectivity index (χ1n) is 11.0. The molecule has 2 heterocycles. The van der Waals surface area contributed by atoms with Crippen molar-refractivity contribution in [1.29, 1.82) is 0 Å². The van der Waals surface area contributed by atoms with Crippen molar-refractivity contribution in [1.82, 2.24) is 20.4 Å². The van der Waals surface area contributed by atoms with Crippen LogP contribution in [0.15, 0.2) is 48.5 Å². The normalized spacial score (nSPS) is 14.1. The number of esters is 1. The van der Waals surface area contributed by atoms with Gasteiger partial charge in [-0.25, -0.2) is 4.79 Å². The lowest BCUT2D eigenvalue weighted by atomic mass is 10.0. The van der Waals surface area contributed by atoms with Crippen molar-refractivity contribution in [3.63, 3.8) is 0 Å². The summed E-state index contributed by atoms with van der Waals surface area (Å²) in [4.78, 5) is 49.6. The summed E-state index contributed by atoms with van der Waals surface area (Å²) in [6, 6.07) is 13.2. The molecule has 4 rings (SSSR count). The van der Waals surface area contributed by atoms with Crippen LogP contribution in [0.25, 0.3) is 0 Å². The summed E-state index contributed by atoms with van der Waals surface area (Å²) in [5.41, 5.74) is 3.61. The molecular weight excluding hydrogens is 450 g/mol. The average Bonchev–Trinajstić information content (AvgIpc) is 3.35. The molecular formula is C25H25N5O5. The molecule has 3 N–H and O–H groups in total. The van der Waals surface area contributed by atoms with Crippen molar-refractivity contribution in [2.75, 3.05) is 12.4 Å². The summed E-state index contributed by atoms with van der Waals surface area (Å²) in [6.45, 7) is 1.89. The lowest BCUT2D eigenvalue weighted by molar-refractivity contribution is -0.121. The number of carbonyl (C=O) groups excluding carboxylic acids is 4. The third-order valence-corrected chi connectivity index (χ3v) is 5.67. The number of aryl methyl sites for hydroxylation is 2. The predicted octanol–water partition coefficient (Wildman–Crippen LogP) is 2.26. The minimum atomic E-state index is -0.574. The molecule has 180 valence electrons. The van der Waals surface area contributed by atoms with E-state index in [4.69, 9.17) is 4.74 Å². The molecule has 3 amide bonds. The zero-order valence-electron chi connectivity index (χ0n) is 19.5. The topological polar surface area (TPSA) is 131 Å². The number of fused-ring (bicyclic) bond motifs is 1. The molecule has 1 aliphatic rings. The number of benzene rings is 2. The first kappa shape index (κ1) is 23.7. The molecule has 1 atom stereocenters. The third-order valence-electron chi connectivity index (χ3n) is 5.67. The number of hydrogen-bond acceptors (Lipinski definition) is 6. The molecule has 0 aliphatic carbocycles. The zero-order chi connectivity index (χ0) is 25.1. The standard InChI is InChI=1S/C25H25N5O5/c1-14-8-21(30(2)29-14)24(33)27-17-10-15(9-16(11-17)25(34)35-3)13-26-22(31)12-20-18-6-4-5-7-19(18)23(32)28-20/h4-11,20H,12-13H2,1-3H3,(H,26,31)(H,27,33)(H,28,32). The van der Waals surface area contributed by atoms with Crippen molar-refractivity contribution in [3.05, 3.63) is 82.2 Å². The fourth-order valence-electron chi connectivity index (χ4n) is 4.06. The summed E-state index contributed by atoms with van der Waals surface area (Å²) in [7, 11) is 2.93. The molecule has 10 nitrogen and oxygen atoms in total. The van der Waals surface area contributed by atoms with Crippen LogP contribution in [-0.4, -0.2) is 40.6 Å². The fourth-order valence-corrected chi connectivity index (χ4v) is 4.06. The van der Waals surface area contributed by atoms with Gasteiger partial charge < -0.3 is 20.7 Å². The number of methoxy groups -OCH3 is 1. The Bertz CT molecular complexity index is 1330. The van der Waals surface area contributed by atoms with Crippen LogP contribution in [0, 0.1) is 6.92 Å². The molecule has 0 saturated carbocycles. The highest BCUT2D eigenvalue weighted by Crippen LogP contribution is 2.27. The van der Waals surface area contributed by atoms with Gasteiger partial charge >= 0.3 is 5.97 Å². The zero-order valence-corrected chi connectivity index (χ0v) is 19.5. The van der Waals surface area contributed by atoms with Gasteiger partial charge in [-0.3, -0.25) is 19.1 Å². The van der Waals surface area contributed by atoms with E-state index in [0.29, 0.717) is 28.2 Å². The first-order valence-corrected chi connectivity index (χ1v) is 11.0. The van der Waals surface area contributed by atoms with Crippen molar-refractivity contribution >= 4 is 29.4 Å². The number of amides is 3. The smallest absolute Gasteiger partial charge is 0.337 e. The second-order valence-electron chi connectivity index (χ2n) is 8.25. The van der Waals surface area contributed by atoms with Crippen LogP contribution >= 0.6 is 0 Å². The van der Waals surface area contributed by atoms with Crippen LogP contribution in [0.4, 0.5) is 5.69 Å². The molecule has 10 heteroatoms. The van der Waals surface area contributed by atoms with Gasteiger partial charge in [-0.1, -0.05) is 18.2 Å². The van der Waals surface area contributed by atoms with Crippen molar-refractivity contribution in [2.24, 2.45) is 7.05 Å². The van der Waals surface area contributed by atoms with E-state index in [1.807, 2.05) is 12.1 Å². The number of carbonyl (C=O) groups is 4. The molecule has 3 aromatic rings. The monoisotopic (exact) mass is 475 g/mol. The van der Waals surface area contributed by atoms with Crippen LogP contribution in [0.5, 0.6) is 0 Å². The molecule has 0 spiro atoms. The quantitative estimate of drug-likeness (QED) is 0.449. The van der Waals surface area contributed by atoms with E-state index in [9.17, 15) is 19.2 Å². The maximum Gasteiger partial charge on any atom is 0.337 e. The van der Waals surface area contributed by atoms with Crippen LogP contribution < -0.4 is 16.0 Å². The highest BCUT2D eigenvalue weighted by molar-refractivity contribution is 6.04. The van der Waals surface area contributed by atoms with Gasteiger partial charge in [0.25, 0.3) is 11.8 Å². The summed E-state index contributed by atoms with van der Waals surface area (Å²) in [5.74, 6) is -1.43. The van der Waals surface area contributed by atoms with Crippen molar-refractivity contribution < 1.29 is 23.9 Å². The van der Waals surface area contributed by atoms with E-state index in [-0.39, 0.29) is 36.3 Å². The van der Waals surface area contributed by atoms with E-state index in [0.717, 1.165) is 5.56 Å². The maximum absolute atomic E-state index is 12.7. The number of rotatable bonds is 7. The Labute approximate surface area is 201 Å². The molecule has 1 aliphatic heterocycles. The summed E-state index contributed by atoms with van der Waals surface area (Å²) in [6.07, 6.45) is 0.0723. The Morgan fingerprint density at radius 3 is 2.63 bits per heavy atom. The summed E-state index contributed by atoms with van der Waals surface area (Å²) in [5, 5.41) is 12.6. The second kappa shape index (κ2) is 9.80. The van der Waals surface area contributed by atoms with Crippen LogP contribution in [0.2, 0.25) is 0 Å². The summed E-state index contributed by atoms with van der Waals surface area (Å²) < 4.78 is 6.29. The van der Waals surface area contributed by atoms with E-state index >= 15 is 0 Å². The fraction of sp³-hybridized carbons (Fsp3) is 0.240. The molecule has 1 aromatic heterocycles. The predicted molar refractivity (Wildman–Crippen MR) is 127 cm³/mol. The Morgan fingerprint density at radius 1 is 1.14 bits per heavy atom. The van der Waals surface area contributed by atoms with Gasteiger partial charge in [0.05, 0.1) is 30.8 Å². The number of anilines is 1. The van der Waals surface area contributed by atoms with E-state index in [1.165, 1.54) is 17.9 Å². The van der Waals surface area contributed by atoms with E-state index in [2.05, 4.69) is 21.0 Å². The molecule has 0 saturated heterocycles. The maximum atomic E-state index is 12.7. The third kappa shape index (κ3) is 5.21. The number of nitrogens with zero attached hydrogens (tertiary/aromatic N) is 2. The number of aromatic nitrogens is 2. The van der Waals surface area contributed by atoms with Gasteiger partial charge in [-0.15, -0.1) is 0 Å². The van der Waals surface area contributed by atoms with Gasteiger partial charge in [0.2, 0.25) is 5.91 Å². The average molecular weight is 476 g/mol. The molecule has 0 fully saturated rings. The van der Waals surface area contributed by atoms with Gasteiger partial charge in [0, 0.05) is 24.8 Å². The lowest BCUT2D eigenvalue weighted by Gasteiger charge is -2.13. The Balaban J connectivity index is 1.46. The largest absolute Gasteiger partial charge is 0.465 e. The van der Waals surface area contributed by atoms with Crippen molar-refractivity contribution in [2.45, 2.75) is 25.9 Å². The minimum Gasteiger partial charge on any atom is -0.465 e. The highest BCUT2D eigenvalue weighted by Gasteiger charge is 2.29. The SMILES string of the molecule is COC(=O)c1cc(CNC(=O)CC2NC(=O)c3ccccc32)cc(NC(=O)c2cc(C)nn2C)c1. The first-order chi connectivity index (χ1) is 16.7. The van der Waals surface area contributed by atoms with Gasteiger partial charge in [-0.2, -0.15) is 5.10 Å². The number of hydrogen-bond donors (Lipinski definition) is 3. The lowest BCUT2D eigenvalue weighted by Crippen LogP contribution is -2.28. The molecule has 0 bridgehead atoms. The second-order valence-corrected chi connectivity index (χ2v) is 8.25. The summed E-state index contributed by atoms with van der Waals surface area (Å²) >= 11 is 0. The Kier molecular flexibility index (Phi) is 6.63. The minimum absolute atomic E-state index is 0.0723. The van der Waals surface area contributed by atoms with Crippen LogP contribution in [0.1, 0.15) is 60.5 Å². The van der Waals surface area contributed by atoms with Gasteiger partial charge in [-0.05, 0) is 48.4 Å². The molecule has 2 aromatic carbocycles. The van der Waals surface area contributed by atoms with Gasteiger partial charge in [0.15, 0.2) is 0 Å². The van der Waals surface area contributed by atoms with Crippen LogP contribution in [-0.2, 0) is 23.1 Å². The Hall–Kier alpha value is -4.47. The molecule has 35 heavy (non-hydrogen) atoms. The number of ether oxygens (including phenoxy) is 1. The molecule has 0 radical (unpaired) electrons. The van der Waals surface area contributed by atoms with Crippen molar-refractivity contribution in [3.8, 4) is 0 Å². The van der Waals surface area contributed by atoms with Crippen LogP contribution in [0.3, 0.4) is 0 Å².